The van der Waals surface area contributed by atoms with Crippen LogP contribution in [0, 0.1) is 0 Å². The van der Waals surface area contributed by atoms with Crippen molar-refractivity contribution in [2.75, 3.05) is 0 Å². The first kappa shape index (κ1) is 22.9. The van der Waals surface area contributed by atoms with Crippen molar-refractivity contribution in [1.29, 1.82) is 0 Å². The van der Waals surface area contributed by atoms with Gasteiger partial charge in [0.05, 0.1) is 0 Å². The zero-order valence-electron chi connectivity index (χ0n) is 3.13. The molecule has 2 radical (unpaired) electrons. The number of hydrogen-bond donors (Lipinski definition) is 0. The van der Waals surface area contributed by atoms with Crippen LogP contribution in [0.4, 0.5) is 0 Å². The maximum Gasteiger partial charge on any atom is 2.00 e. The van der Waals surface area contributed by atoms with E-state index < -0.39 is 14.5 Å². The molecule has 0 saturated carbocycles. The van der Waals surface area contributed by atoms with Crippen molar-refractivity contribution < 1.29 is 55.6 Å². The van der Waals surface area contributed by atoms with Crippen molar-refractivity contribution in [3.05, 3.63) is 0 Å². The van der Waals surface area contributed by atoms with Crippen LogP contribution < -0.4 is 12.3 Å². The Morgan fingerprint density at radius 1 is 1.00 bits per heavy atom. The van der Waals surface area contributed by atoms with Gasteiger partial charge in [0.15, 0.2) is 0 Å². The molecule has 0 rings (SSSR count). The van der Waals surface area contributed by atoms with Gasteiger partial charge in [0.2, 0.25) is 0 Å². The van der Waals surface area contributed by atoms with Crippen molar-refractivity contribution in [1.82, 2.24) is 0 Å². The van der Waals surface area contributed by atoms with Crippen LogP contribution in [0.2, 0.25) is 0 Å². The van der Waals surface area contributed by atoms with Gasteiger partial charge < -0.3 is 5.48 Å². The number of rotatable bonds is 0. The fourth-order valence-electron chi connectivity index (χ4n) is 0. The fourth-order valence-corrected chi connectivity index (χ4v) is 0. The molecule has 0 saturated heterocycles. The van der Waals surface area contributed by atoms with Crippen LogP contribution in [0.25, 0.3) is 0 Å². The number of hydrogen-bond acceptors (Lipinski definition) is 5. The monoisotopic (exact) mass is 282 g/mol. The summed E-state index contributed by atoms with van der Waals surface area (Å²) in [6.07, 6.45) is 0. The zero-order chi connectivity index (χ0) is 4.50. The molecule has 58 valence electrons. The first-order valence-electron chi connectivity index (χ1n) is 0.730. The topological polar surface area (TPSA) is 116 Å². The minimum absolute atomic E-state index is 0. The van der Waals surface area contributed by atoms with Gasteiger partial charge in [-0.1, -0.05) is 0 Å². The Hall–Kier alpha value is 1.24. The molecule has 0 aliphatic carbocycles. The van der Waals surface area contributed by atoms with Gasteiger partial charge in [-0.3, -0.25) is 0 Å². The van der Waals surface area contributed by atoms with Crippen LogP contribution in [0.15, 0.2) is 0 Å². The van der Waals surface area contributed by atoms with Gasteiger partial charge in [-0.25, -0.2) is 0 Å². The van der Waals surface area contributed by atoms with E-state index in [2.05, 4.69) is 0 Å². The molecule has 8 heavy (non-hydrogen) atoms. The third kappa shape index (κ3) is 184. The Morgan fingerprint density at radius 3 is 1.00 bits per heavy atom. The predicted octanol–water partition coefficient (Wildman–Crippen LogP) is -4.25. The van der Waals surface area contributed by atoms with Crippen LogP contribution >= 0.6 is 0 Å². The van der Waals surface area contributed by atoms with Crippen molar-refractivity contribution in [3.63, 3.8) is 0 Å². The van der Waals surface area contributed by atoms with E-state index in [0.717, 1.165) is 0 Å². The molecule has 0 amide bonds. The molecule has 8 heteroatoms. The molecule has 5 nitrogen and oxygen atoms in total. The van der Waals surface area contributed by atoms with Gasteiger partial charge in [0, 0.05) is 0 Å². The molecular formula is HAsCu2O5. The molecule has 0 aliphatic rings. The van der Waals surface area contributed by atoms with E-state index in [1.807, 2.05) is 0 Å². The fraction of sp³-hybridized carbons (Fsp3) is 0. The molecule has 0 unspecified atom stereocenters. The summed E-state index contributed by atoms with van der Waals surface area (Å²) in [5, 5.41) is 0. The second-order valence-corrected chi connectivity index (χ2v) is 2.32. The third-order valence-corrected chi connectivity index (χ3v) is 0. The van der Waals surface area contributed by atoms with Gasteiger partial charge in [-0.2, -0.15) is 0 Å². The van der Waals surface area contributed by atoms with Crippen LogP contribution in [0.3, 0.4) is 0 Å². The molecule has 1 N–H and O–H groups in total. The quantitative estimate of drug-likeness (QED) is 0.417. The molecule has 0 spiro atoms. The summed E-state index contributed by atoms with van der Waals surface area (Å²) in [5.74, 6) is 0. The zero-order valence-corrected chi connectivity index (χ0v) is 6.89. The largest absolute Gasteiger partial charge is 2.00 e. The smallest absolute Gasteiger partial charge is 0.870 e. The summed E-state index contributed by atoms with van der Waals surface area (Å²) in [4.78, 5) is 0. The van der Waals surface area contributed by atoms with Gasteiger partial charge in [-0.05, 0) is 0 Å². The van der Waals surface area contributed by atoms with Crippen LogP contribution in [0.1, 0.15) is 0 Å². The van der Waals surface area contributed by atoms with Gasteiger partial charge in [-0.15, -0.1) is 0 Å². The average Bonchev–Trinajstić information content (AvgIpc) is 0.722. The summed E-state index contributed by atoms with van der Waals surface area (Å²) in [6.45, 7) is 0. The van der Waals surface area contributed by atoms with Crippen LogP contribution in [-0.2, 0) is 37.9 Å². The molecule has 0 fully saturated rings. The van der Waals surface area contributed by atoms with Crippen molar-refractivity contribution in [2.24, 2.45) is 0 Å². The first-order chi connectivity index (χ1) is 2.00. The maximum atomic E-state index is 8.61. The van der Waals surface area contributed by atoms with E-state index in [1.165, 1.54) is 0 Å². The summed E-state index contributed by atoms with van der Waals surface area (Å²) in [6, 6.07) is 0. The first-order valence-corrected chi connectivity index (χ1v) is 3.79. The maximum absolute atomic E-state index is 8.61. The van der Waals surface area contributed by atoms with E-state index in [1.54, 1.807) is 0 Å². The van der Waals surface area contributed by atoms with Gasteiger partial charge >= 0.3 is 64.7 Å². The summed E-state index contributed by atoms with van der Waals surface area (Å²) in [7, 11) is 0. The minimum Gasteiger partial charge on any atom is -0.870 e. The van der Waals surface area contributed by atoms with Crippen molar-refractivity contribution in [3.8, 4) is 0 Å². The molecule has 0 heterocycles. The van der Waals surface area contributed by atoms with Crippen molar-refractivity contribution >= 4 is 14.5 Å². The standard InChI is InChI=1S/AsH3O4.2Cu.H2O/c2-1(3,4)5;;;/h(H3,2,3,4,5);;;1H2/q;2*+2;/p-4. The summed E-state index contributed by atoms with van der Waals surface area (Å²) in [5.41, 5.74) is 0. The molecule has 0 aromatic rings. The van der Waals surface area contributed by atoms with Crippen LogP contribution in [-0.4, -0.2) is 20.0 Å². The van der Waals surface area contributed by atoms with E-state index in [4.69, 9.17) is 16.0 Å². The second-order valence-electron chi connectivity index (χ2n) is 0.447. The van der Waals surface area contributed by atoms with Crippen molar-refractivity contribution in [2.45, 2.75) is 0 Å². The Morgan fingerprint density at radius 2 is 1.00 bits per heavy atom. The van der Waals surface area contributed by atoms with E-state index in [9.17, 15) is 0 Å². The molecule has 0 bridgehead atoms. The van der Waals surface area contributed by atoms with Gasteiger partial charge in [0.1, 0.15) is 0 Å². The normalized spacial score (nSPS) is 7.38. The summed E-state index contributed by atoms with van der Waals surface area (Å²) >= 11 is -5.88. The molecular weight excluding hydrogens is 282 g/mol. The Bertz CT molecular complexity index is 56.6. The molecule has 0 atom stereocenters. The molecule has 0 aliphatic heterocycles. The van der Waals surface area contributed by atoms with E-state index >= 15 is 0 Å². The second kappa shape index (κ2) is 8.24. The average molecular weight is 283 g/mol. The summed E-state index contributed by atoms with van der Waals surface area (Å²) < 4.78 is 34.4. The molecule has 0 aromatic carbocycles. The third-order valence-electron chi connectivity index (χ3n) is 0. The van der Waals surface area contributed by atoms with E-state index in [0.29, 0.717) is 0 Å². The van der Waals surface area contributed by atoms with Gasteiger partial charge in [0.25, 0.3) is 0 Å². The van der Waals surface area contributed by atoms with E-state index in [-0.39, 0.29) is 39.6 Å². The van der Waals surface area contributed by atoms with Crippen LogP contribution in [0.5, 0.6) is 0 Å². The molecule has 0 aromatic heterocycles. The minimum atomic E-state index is -5.88. The Balaban J connectivity index is -0.0000000267. The SMILES string of the molecule is O=[As]([O-])([O-])[O-].[Cu+2].[Cu+2].[OH-]. The Kier molecular flexibility index (Phi) is 23.5. The predicted molar refractivity (Wildman–Crippen MR) is 8.38 cm³/mol. The Labute approximate surface area is 70.1 Å².